The first-order valence-electron chi connectivity index (χ1n) is 6.83. The minimum absolute atomic E-state index is 0.0487. The predicted octanol–water partition coefficient (Wildman–Crippen LogP) is 2.78. The second kappa shape index (κ2) is 7.23. The highest BCUT2D eigenvalue weighted by Crippen LogP contribution is 2.34. The number of nitriles is 1. The van der Waals surface area contributed by atoms with Crippen molar-refractivity contribution in [2.45, 2.75) is 25.7 Å². The number of amides is 1. The van der Waals surface area contributed by atoms with Crippen LogP contribution in [-0.2, 0) is 14.3 Å². The number of rotatable bonds is 4. The van der Waals surface area contributed by atoms with E-state index in [4.69, 9.17) is 10.00 Å². The number of carbonyl (C=O) groups is 2. The van der Waals surface area contributed by atoms with Crippen molar-refractivity contribution < 1.29 is 14.3 Å². The van der Waals surface area contributed by atoms with Crippen LogP contribution in [0.1, 0.15) is 31.2 Å². The maximum absolute atomic E-state index is 12.3. The van der Waals surface area contributed by atoms with Gasteiger partial charge < -0.3 is 10.1 Å². The lowest BCUT2D eigenvalue weighted by Gasteiger charge is -2.26. The van der Waals surface area contributed by atoms with E-state index in [2.05, 4.69) is 21.2 Å². The first-order chi connectivity index (χ1) is 10.5. The van der Waals surface area contributed by atoms with Gasteiger partial charge in [0.25, 0.3) is 0 Å². The largest absolute Gasteiger partial charge is 0.461 e. The molecule has 0 bridgehead atoms. The minimum atomic E-state index is -0.485. The number of nitrogens with zero attached hydrogens (tertiary/aromatic N) is 1. The second-order valence-electron chi connectivity index (χ2n) is 4.94. The highest BCUT2D eigenvalue weighted by molar-refractivity contribution is 9.10. The number of nitrogens with one attached hydrogen (secondary N) is 1. The number of esters is 1. The fourth-order valence-corrected chi connectivity index (χ4v) is 2.68. The van der Waals surface area contributed by atoms with Gasteiger partial charge in [0, 0.05) is 22.5 Å². The third-order valence-electron chi connectivity index (χ3n) is 3.41. The van der Waals surface area contributed by atoms with Gasteiger partial charge in [0.2, 0.25) is 5.91 Å². The predicted molar refractivity (Wildman–Crippen MR) is 83.5 cm³/mol. The van der Waals surface area contributed by atoms with Crippen LogP contribution in [0, 0.1) is 11.3 Å². The lowest BCUT2D eigenvalue weighted by molar-refractivity contribution is -0.139. The third-order valence-corrected chi connectivity index (χ3v) is 3.94. The van der Waals surface area contributed by atoms with Crippen molar-refractivity contribution in [3.8, 4) is 6.07 Å². The van der Waals surface area contributed by atoms with Crippen molar-refractivity contribution in [1.82, 2.24) is 5.32 Å². The van der Waals surface area contributed by atoms with Gasteiger partial charge in [-0.15, -0.1) is 0 Å². The molecular weight excluding hydrogens is 348 g/mol. The molecular formula is C16H15BrN2O3. The molecule has 1 aliphatic rings. The number of hydrogen-bond acceptors (Lipinski definition) is 4. The van der Waals surface area contributed by atoms with Crippen LogP contribution in [0.25, 0.3) is 0 Å². The lowest BCUT2D eigenvalue weighted by Crippen LogP contribution is -2.34. The van der Waals surface area contributed by atoms with E-state index >= 15 is 0 Å². The van der Waals surface area contributed by atoms with E-state index in [-0.39, 0.29) is 31.3 Å². The van der Waals surface area contributed by atoms with E-state index in [0.29, 0.717) is 11.3 Å². The van der Waals surface area contributed by atoms with Gasteiger partial charge in [-0.2, -0.15) is 5.26 Å². The smallest absolute Gasteiger partial charge is 0.336 e. The summed E-state index contributed by atoms with van der Waals surface area (Å²) in [5.41, 5.74) is 1.83. The van der Waals surface area contributed by atoms with Gasteiger partial charge in [-0.05, 0) is 24.6 Å². The average Bonchev–Trinajstić information content (AvgIpc) is 2.47. The highest BCUT2D eigenvalue weighted by Gasteiger charge is 2.32. The van der Waals surface area contributed by atoms with E-state index in [9.17, 15) is 9.59 Å². The van der Waals surface area contributed by atoms with Gasteiger partial charge in [-0.3, -0.25) is 4.79 Å². The summed E-state index contributed by atoms with van der Waals surface area (Å²) in [5.74, 6) is -0.948. The van der Waals surface area contributed by atoms with Gasteiger partial charge >= 0.3 is 5.97 Å². The van der Waals surface area contributed by atoms with Crippen molar-refractivity contribution in [2.75, 3.05) is 6.61 Å². The second-order valence-corrected chi connectivity index (χ2v) is 5.85. The molecule has 22 heavy (non-hydrogen) atoms. The third kappa shape index (κ3) is 3.74. The monoisotopic (exact) mass is 362 g/mol. The first-order valence-corrected chi connectivity index (χ1v) is 7.62. The van der Waals surface area contributed by atoms with E-state index in [1.54, 1.807) is 6.92 Å². The fourth-order valence-electron chi connectivity index (χ4n) is 2.42. The molecule has 1 aliphatic heterocycles. The van der Waals surface area contributed by atoms with Gasteiger partial charge in [0.05, 0.1) is 18.1 Å². The molecule has 1 aromatic rings. The Labute approximate surface area is 137 Å². The Hall–Kier alpha value is -2.13. The van der Waals surface area contributed by atoms with Crippen molar-refractivity contribution in [3.05, 3.63) is 45.6 Å². The summed E-state index contributed by atoms with van der Waals surface area (Å²) in [6.07, 6.45) is 0.342. The molecule has 0 aromatic heterocycles. The molecule has 1 atom stereocenters. The number of benzene rings is 1. The molecule has 0 aliphatic carbocycles. The SMILES string of the molecule is CC1=C(C(=O)OCCC#N)[C@@H](c2ccc(Br)cc2)CC(=O)N1. The molecule has 6 heteroatoms. The molecule has 0 saturated carbocycles. The zero-order valence-electron chi connectivity index (χ0n) is 12.1. The Bertz CT molecular complexity index is 659. The number of ether oxygens (including phenoxy) is 1. The number of carbonyl (C=O) groups excluding carboxylic acids is 2. The van der Waals surface area contributed by atoms with Crippen LogP contribution < -0.4 is 5.32 Å². The van der Waals surface area contributed by atoms with Crippen LogP contribution in [0.3, 0.4) is 0 Å². The summed E-state index contributed by atoms with van der Waals surface area (Å²) in [6.45, 7) is 1.73. The molecule has 1 heterocycles. The summed E-state index contributed by atoms with van der Waals surface area (Å²) in [6, 6.07) is 9.42. The molecule has 2 rings (SSSR count). The molecule has 1 aromatic carbocycles. The van der Waals surface area contributed by atoms with Crippen molar-refractivity contribution in [3.63, 3.8) is 0 Å². The van der Waals surface area contributed by atoms with Crippen LogP contribution in [0.15, 0.2) is 40.0 Å². The Kier molecular flexibility index (Phi) is 5.34. The van der Waals surface area contributed by atoms with Gasteiger partial charge in [0.1, 0.15) is 6.61 Å². The van der Waals surface area contributed by atoms with E-state index in [1.807, 2.05) is 30.3 Å². The summed E-state index contributed by atoms with van der Waals surface area (Å²) in [7, 11) is 0. The molecule has 0 unspecified atom stereocenters. The molecule has 0 radical (unpaired) electrons. The van der Waals surface area contributed by atoms with E-state index < -0.39 is 5.97 Å². The maximum Gasteiger partial charge on any atom is 0.336 e. The Morgan fingerprint density at radius 2 is 2.14 bits per heavy atom. The van der Waals surface area contributed by atoms with Crippen molar-refractivity contribution in [1.29, 1.82) is 5.26 Å². The van der Waals surface area contributed by atoms with Crippen LogP contribution >= 0.6 is 15.9 Å². The Morgan fingerprint density at radius 1 is 1.45 bits per heavy atom. The van der Waals surface area contributed by atoms with Crippen LogP contribution in [0.5, 0.6) is 0 Å². The Morgan fingerprint density at radius 3 is 2.77 bits per heavy atom. The van der Waals surface area contributed by atoms with Crippen LogP contribution in [0.4, 0.5) is 0 Å². The average molecular weight is 363 g/mol. The zero-order valence-corrected chi connectivity index (χ0v) is 13.6. The maximum atomic E-state index is 12.3. The van der Waals surface area contributed by atoms with Crippen molar-refractivity contribution in [2.24, 2.45) is 0 Å². The summed E-state index contributed by atoms with van der Waals surface area (Å²) < 4.78 is 6.05. The van der Waals surface area contributed by atoms with Crippen molar-refractivity contribution >= 4 is 27.8 Å². The normalized spacial score (nSPS) is 17.7. The van der Waals surface area contributed by atoms with Crippen LogP contribution in [-0.4, -0.2) is 18.5 Å². The van der Waals surface area contributed by atoms with Gasteiger partial charge in [-0.1, -0.05) is 28.1 Å². The molecule has 114 valence electrons. The first kappa shape index (κ1) is 16.2. The fraction of sp³-hybridized carbons (Fsp3) is 0.312. The van der Waals surface area contributed by atoms with Crippen LogP contribution in [0.2, 0.25) is 0 Å². The Balaban J connectivity index is 2.30. The summed E-state index contributed by atoms with van der Waals surface area (Å²) in [4.78, 5) is 24.1. The number of hydrogen-bond donors (Lipinski definition) is 1. The quantitative estimate of drug-likeness (QED) is 0.659. The van der Waals surface area contributed by atoms with E-state index in [1.165, 1.54) is 0 Å². The molecule has 1 N–H and O–H groups in total. The molecule has 1 amide bonds. The van der Waals surface area contributed by atoms with E-state index in [0.717, 1.165) is 10.0 Å². The molecule has 5 nitrogen and oxygen atoms in total. The standard InChI is InChI=1S/C16H15BrN2O3/c1-10-15(16(21)22-8-2-7-18)13(9-14(20)19-10)11-3-5-12(17)6-4-11/h3-6,13H,2,8-9H2,1H3,(H,19,20)/t13-/m1/s1. The molecule has 0 spiro atoms. The van der Waals surface area contributed by atoms with Gasteiger partial charge in [-0.25, -0.2) is 4.79 Å². The zero-order chi connectivity index (χ0) is 16.1. The number of allylic oxidation sites excluding steroid dienone is 1. The minimum Gasteiger partial charge on any atom is -0.461 e. The molecule has 0 fully saturated rings. The topological polar surface area (TPSA) is 79.2 Å². The summed E-state index contributed by atoms with van der Waals surface area (Å²) in [5, 5.41) is 11.2. The summed E-state index contributed by atoms with van der Waals surface area (Å²) >= 11 is 3.37. The molecule has 0 saturated heterocycles. The van der Waals surface area contributed by atoms with Gasteiger partial charge in [0.15, 0.2) is 0 Å². The number of halogens is 1. The lowest BCUT2D eigenvalue weighted by atomic mass is 9.84. The highest BCUT2D eigenvalue weighted by atomic mass is 79.9.